The molecule has 84 valence electrons. The number of pyridine rings is 1. The highest BCUT2D eigenvalue weighted by Crippen LogP contribution is 2.10. The van der Waals surface area contributed by atoms with Crippen molar-refractivity contribution in [2.24, 2.45) is 0 Å². The highest BCUT2D eigenvalue weighted by atomic mass is 19.1. The first-order chi connectivity index (χ1) is 7.78. The van der Waals surface area contributed by atoms with Crippen LogP contribution in [-0.4, -0.2) is 10.1 Å². The molecule has 0 amide bonds. The number of hydrogen-bond acceptors (Lipinski definition) is 4. The molecule has 0 aromatic carbocycles. The number of halogens is 1. The summed E-state index contributed by atoms with van der Waals surface area (Å²) < 4.78 is 18.0. The Kier molecular flexibility index (Phi) is 3.16. The largest absolute Gasteiger partial charge is 0.462 e. The molecule has 2 aromatic rings. The fourth-order valence-corrected chi connectivity index (χ4v) is 1.29. The van der Waals surface area contributed by atoms with E-state index in [0.717, 1.165) is 0 Å². The molecular formula is C11H11FN2O2. The Morgan fingerprint density at radius 1 is 1.25 bits per heavy atom. The molecule has 2 N–H and O–H groups in total. The van der Waals surface area contributed by atoms with Gasteiger partial charge in [0.25, 0.3) is 0 Å². The van der Waals surface area contributed by atoms with Crippen LogP contribution in [0.1, 0.15) is 11.5 Å². The fourth-order valence-electron chi connectivity index (χ4n) is 1.29. The number of aliphatic hydroxyl groups excluding tert-OH is 1. The number of hydrogen-bond donors (Lipinski definition) is 2. The molecule has 4 nitrogen and oxygen atoms in total. The molecule has 0 unspecified atom stereocenters. The van der Waals surface area contributed by atoms with E-state index in [-0.39, 0.29) is 6.61 Å². The van der Waals surface area contributed by atoms with Gasteiger partial charge < -0.3 is 14.8 Å². The van der Waals surface area contributed by atoms with E-state index >= 15 is 0 Å². The van der Waals surface area contributed by atoms with Crippen LogP contribution >= 0.6 is 0 Å². The number of nitrogens with one attached hydrogen (secondary N) is 1. The van der Waals surface area contributed by atoms with Crippen LogP contribution in [0, 0.1) is 5.95 Å². The first kappa shape index (κ1) is 10.6. The Morgan fingerprint density at radius 3 is 2.75 bits per heavy atom. The number of rotatable bonds is 4. The molecule has 0 aliphatic carbocycles. The lowest BCUT2D eigenvalue weighted by Gasteiger charge is -2.02. The lowest BCUT2D eigenvalue weighted by Crippen LogP contribution is -2.00. The van der Waals surface area contributed by atoms with E-state index in [1.165, 1.54) is 6.07 Å². The molecule has 5 heteroatoms. The van der Waals surface area contributed by atoms with Gasteiger partial charge >= 0.3 is 0 Å². The number of aromatic nitrogens is 1. The summed E-state index contributed by atoms with van der Waals surface area (Å²) in [5.74, 6) is 1.08. The van der Waals surface area contributed by atoms with Crippen LogP contribution < -0.4 is 5.32 Å². The van der Waals surface area contributed by atoms with Crippen molar-refractivity contribution in [1.82, 2.24) is 4.98 Å². The van der Waals surface area contributed by atoms with Crippen molar-refractivity contribution in [1.29, 1.82) is 0 Å². The van der Waals surface area contributed by atoms with E-state index < -0.39 is 5.95 Å². The maximum absolute atomic E-state index is 12.7. The molecule has 16 heavy (non-hydrogen) atoms. The van der Waals surface area contributed by atoms with E-state index in [4.69, 9.17) is 9.52 Å². The summed E-state index contributed by atoms with van der Waals surface area (Å²) in [7, 11) is 0. The number of anilines is 1. The molecule has 2 heterocycles. The molecular weight excluding hydrogens is 211 g/mol. The molecule has 0 saturated heterocycles. The van der Waals surface area contributed by atoms with Gasteiger partial charge in [0.05, 0.1) is 6.54 Å². The topological polar surface area (TPSA) is 58.3 Å². The standard InChI is InChI=1S/C11H11FN2O2/c12-10-2-1-3-11(14-10)13-6-8-4-5-9(7-15)16-8/h1-5,15H,6-7H2,(H,13,14). The van der Waals surface area contributed by atoms with Gasteiger partial charge in [0, 0.05) is 0 Å². The van der Waals surface area contributed by atoms with Crippen molar-refractivity contribution in [2.75, 3.05) is 5.32 Å². The predicted molar refractivity (Wildman–Crippen MR) is 56.2 cm³/mol. The molecule has 2 aromatic heterocycles. The van der Waals surface area contributed by atoms with Crippen molar-refractivity contribution in [3.8, 4) is 0 Å². The fraction of sp³-hybridized carbons (Fsp3) is 0.182. The van der Waals surface area contributed by atoms with Crippen LogP contribution in [0.25, 0.3) is 0 Å². The number of aliphatic hydroxyl groups is 1. The molecule has 0 fully saturated rings. The third-order valence-corrected chi connectivity index (χ3v) is 2.03. The lowest BCUT2D eigenvalue weighted by molar-refractivity contribution is 0.244. The van der Waals surface area contributed by atoms with Crippen molar-refractivity contribution >= 4 is 5.82 Å². The van der Waals surface area contributed by atoms with Crippen LogP contribution in [0.2, 0.25) is 0 Å². The summed E-state index contributed by atoms with van der Waals surface area (Å²) in [6.07, 6.45) is 0. The Balaban J connectivity index is 1.96. The van der Waals surface area contributed by atoms with Gasteiger partial charge in [0.1, 0.15) is 23.9 Å². The smallest absolute Gasteiger partial charge is 0.214 e. The molecule has 0 aliphatic rings. The normalized spacial score (nSPS) is 10.4. The Morgan fingerprint density at radius 2 is 2.06 bits per heavy atom. The van der Waals surface area contributed by atoms with E-state index in [9.17, 15) is 4.39 Å². The average molecular weight is 222 g/mol. The Bertz CT molecular complexity index is 471. The Hall–Kier alpha value is -1.88. The summed E-state index contributed by atoms with van der Waals surface area (Å²) in [4.78, 5) is 3.65. The minimum atomic E-state index is -0.527. The highest BCUT2D eigenvalue weighted by Gasteiger charge is 2.01. The van der Waals surface area contributed by atoms with Gasteiger partial charge in [0.15, 0.2) is 0 Å². The predicted octanol–water partition coefficient (Wildman–Crippen LogP) is 1.92. The lowest BCUT2D eigenvalue weighted by atomic mass is 10.4. The first-order valence-corrected chi connectivity index (χ1v) is 4.83. The number of furan rings is 1. The molecule has 2 rings (SSSR count). The van der Waals surface area contributed by atoms with Gasteiger partial charge in [-0.15, -0.1) is 0 Å². The molecule has 0 bridgehead atoms. The van der Waals surface area contributed by atoms with Gasteiger partial charge in [-0.3, -0.25) is 0 Å². The van der Waals surface area contributed by atoms with Gasteiger partial charge in [-0.1, -0.05) is 6.07 Å². The van der Waals surface area contributed by atoms with E-state index in [2.05, 4.69) is 10.3 Å². The van der Waals surface area contributed by atoms with E-state index in [1.54, 1.807) is 24.3 Å². The second-order valence-corrected chi connectivity index (χ2v) is 3.23. The zero-order chi connectivity index (χ0) is 11.4. The summed E-state index contributed by atoms with van der Waals surface area (Å²) in [5, 5.41) is 11.7. The minimum absolute atomic E-state index is 0.127. The van der Waals surface area contributed by atoms with Crippen LogP contribution in [0.15, 0.2) is 34.7 Å². The molecule has 0 spiro atoms. The maximum Gasteiger partial charge on any atom is 0.214 e. The molecule has 0 saturated carbocycles. The van der Waals surface area contributed by atoms with Crippen molar-refractivity contribution < 1.29 is 13.9 Å². The van der Waals surface area contributed by atoms with E-state index in [0.29, 0.717) is 23.9 Å². The van der Waals surface area contributed by atoms with Gasteiger partial charge in [-0.25, -0.2) is 4.98 Å². The molecule has 0 aliphatic heterocycles. The van der Waals surface area contributed by atoms with E-state index in [1.807, 2.05) is 0 Å². The van der Waals surface area contributed by atoms with Crippen LogP contribution in [-0.2, 0) is 13.2 Å². The quantitative estimate of drug-likeness (QED) is 0.776. The summed E-state index contributed by atoms with van der Waals surface area (Å²) in [5.41, 5.74) is 0. The summed E-state index contributed by atoms with van der Waals surface area (Å²) in [6, 6.07) is 7.96. The van der Waals surface area contributed by atoms with Crippen LogP contribution in [0.4, 0.5) is 10.2 Å². The first-order valence-electron chi connectivity index (χ1n) is 4.83. The molecule has 0 radical (unpaired) electrons. The van der Waals surface area contributed by atoms with Gasteiger partial charge in [-0.2, -0.15) is 4.39 Å². The second-order valence-electron chi connectivity index (χ2n) is 3.23. The number of nitrogens with zero attached hydrogens (tertiary/aromatic N) is 1. The average Bonchev–Trinajstić information content (AvgIpc) is 2.74. The zero-order valence-corrected chi connectivity index (χ0v) is 8.48. The third-order valence-electron chi connectivity index (χ3n) is 2.03. The van der Waals surface area contributed by atoms with Crippen molar-refractivity contribution in [3.63, 3.8) is 0 Å². The van der Waals surface area contributed by atoms with Crippen LogP contribution in [0.3, 0.4) is 0 Å². The highest BCUT2D eigenvalue weighted by molar-refractivity contribution is 5.33. The molecule has 0 atom stereocenters. The third kappa shape index (κ3) is 2.58. The minimum Gasteiger partial charge on any atom is -0.462 e. The summed E-state index contributed by atoms with van der Waals surface area (Å²) >= 11 is 0. The summed E-state index contributed by atoms with van der Waals surface area (Å²) in [6.45, 7) is 0.272. The van der Waals surface area contributed by atoms with Gasteiger partial charge in [0.2, 0.25) is 5.95 Å². The zero-order valence-electron chi connectivity index (χ0n) is 8.48. The second kappa shape index (κ2) is 4.76. The SMILES string of the molecule is OCc1ccc(CNc2cccc(F)n2)o1. The monoisotopic (exact) mass is 222 g/mol. The van der Waals surface area contributed by atoms with Crippen LogP contribution in [0.5, 0.6) is 0 Å². The van der Waals surface area contributed by atoms with Crippen molar-refractivity contribution in [3.05, 3.63) is 47.8 Å². The van der Waals surface area contributed by atoms with Crippen molar-refractivity contribution in [2.45, 2.75) is 13.2 Å². The maximum atomic E-state index is 12.7. The van der Waals surface area contributed by atoms with Gasteiger partial charge in [-0.05, 0) is 24.3 Å². The Labute approximate surface area is 91.7 Å².